The highest BCUT2D eigenvalue weighted by Gasteiger charge is 2.48. The van der Waals surface area contributed by atoms with Crippen LogP contribution in [0, 0.1) is 0 Å². The van der Waals surface area contributed by atoms with Crippen molar-refractivity contribution in [1.82, 2.24) is 4.98 Å². The maximum Gasteiger partial charge on any atom is 0.301 e. The number of Topliss-reactive ketones (excluding diaryl/α,β-unsaturated/α-hetero) is 1. The number of methoxy groups -OCH3 is 1. The molecule has 1 saturated heterocycles. The fraction of sp³-hybridized carbons (Fsp3) is 0.324. The molecule has 10 heteroatoms. The first kappa shape index (κ1) is 29.5. The number of rotatable bonds is 10. The van der Waals surface area contributed by atoms with Crippen LogP contribution in [-0.2, 0) is 16.0 Å². The van der Waals surface area contributed by atoms with E-state index in [1.54, 1.807) is 37.4 Å². The molecule has 6 rings (SSSR count). The van der Waals surface area contributed by atoms with E-state index in [1.807, 2.05) is 38.1 Å². The second-order valence-electron chi connectivity index (χ2n) is 10.8. The van der Waals surface area contributed by atoms with Crippen LogP contribution in [0.25, 0.3) is 16.0 Å². The van der Waals surface area contributed by atoms with Crippen LogP contribution in [0.1, 0.15) is 56.3 Å². The molecular formula is C34H34N2O7S. The average Bonchev–Trinajstić information content (AvgIpc) is 3.69. The number of benzene rings is 3. The summed E-state index contributed by atoms with van der Waals surface area (Å²) in [4.78, 5) is 33.7. The highest BCUT2D eigenvalue weighted by atomic mass is 32.1. The number of thiazole rings is 1. The Labute approximate surface area is 259 Å². The largest absolute Gasteiger partial charge is 0.507 e. The van der Waals surface area contributed by atoms with Gasteiger partial charge in [-0.3, -0.25) is 14.5 Å². The van der Waals surface area contributed by atoms with E-state index in [0.717, 1.165) is 28.9 Å². The van der Waals surface area contributed by atoms with Gasteiger partial charge in [-0.25, -0.2) is 4.98 Å². The van der Waals surface area contributed by atoms with Gasteiger partial charge in [0.1, 0.15) is 23.4 Å². The molecule has 4 aromatic rings. The number of hydrogen-bond acceptors (Lipinski definition) is 9. The van der Waals surface area contributed by atoms with Crippen LogP contribution in [0.4, 0.5) is 5.13 Å². The average molecular weight is 615 g/mol. The number of unbranched alkanes of at least 4 members (excludes halogenated alkanes) is 1. The molecule has 2 aliphatic heterocycles. The van der Waals surface area contributed by atoms with Gasteiger partial charge >= 0.3 is 5.91 Å². The number of fused-ring (bicyclic) bond motifs is 2. The van der Waals surface area contributed by atoms with E-state index in [4.69, 9.17) is 23.9 Å². The van der Waals surface area contributed by atoms with Gasteiger partial charge in [0.05, 0.1) is 42.2 Å². The Bertz CT molecular complexity index is 1780. The van der Waals surface area contributed by atoms with E-state index in [9.17, 15) is 14.7 Å². The molecule has 0 saturated carbocycles. The molecule has 2 atom stereocenters. The number of aromatic nitrogens is 1. The van der Waals surface area contributed by atoms with Crippen LogP contribution < -0.4 is 23.8 Å². The molecule has 1 fully saturated rings. The lowest BCUT2D eigenvalue weighted by Crippen LogP contribution is -2.29. The van der Waals surface area contributed by atoms with Gasteiger partial charge in [-0.1, -0.05) is 30.7 Å². The molecular weight excluding hydrogens is 580 g/mol. The molecule has 0 bridgehead atoms. The Kier molecular flexibility index (Phi) is 8.18. The summed E-state index contributed by atoms with van der Waals surface area (Å²) in [5, 5.41) is 12.0. The van der Waals surface area contributed by atoms with Crippen molar-refractivity contribution in [2.75, 3.05) is 25.2 Å². The molecule has 0 aliphatic carbocycles. The van der Waals surface area contributed by atoms with Crippen LogP contribution in [0.2, 0.25) is 0 Å². The maximum atomic E-state index is 13.8. The molecule has 1 N–H and O–H groups in total. The minimum atomic E-state index is -0.969. The molecule has 3 aromatic carbocycles. The number of ketones is 1. The zero-order chi connectivity index (χ0) is 31.0. The van der Waals surface area contributed by atoms with Gasteiger partial charge in [-0.15, -0.1) is 0 Å². The molecule has 0 spiro atoms. The third kappa shape index (κ3) is 5.34. The Balaban J connectivity index is 1.50. The number of aliphatic hydroxyl groups excluding tert-OH is 1. The zero-order valence-electron chi connectivity index (χ0n) is 25.1. The summed E-state index contributed by atoms with van der Waals surface area (Å²) in [5.41, 5.74) is 2.57. The first-order valence-corrected chi connectivity index (χ1v) is 15.6. The lowest BCUT2D eigenvalue weighted by molar-refractivity contribution is -0.132. The van der Waals surface area contributed by atoms with E-state index in [2.05, 4.69) is 6.92 Å². The third-order valence-corrected chi connectivity index (χ3v) is 8.76. The van der Waals surface area contributed by atoms with E-state index in [-0.39, 0.29) is 17.4 Å². The molecule has 44 heavy (non-hydrogen) atoms. The summed E-state index contributed by atoms with van der Waals surface area (Å²) in [6.45, 7) is 7.01. The number of ether oxygens (including phenoxy) is 4. The van der Waals surface area contributed by atoms with Crippen LogP contribution in [0.15, 0.2) is 60.2 Å². The number of amides is 1. The van der Waals surface area contributed by atoms with Crippen LogP contribution in [-0.4, -0.2) is 48.2 Å². The summed E-state index contributed by atoms with van der Waals surface area (Å²) in [6.07, 6.45) is 2.57. The van der Waals surface area contributed by atoms with Crippen molar-refractivity contribution in [3.8, 4) is 23.0 Å². The van der Waals surface area contributed by atoms with Gasteiger partial charge in [0.2, 0.25) is 0 Å². The van der Waals surface area contributed by atoms with Gasteiger partial charge in [0, 0.05) is 12.0 Å². The molecule has 1 aromatic heterocycles. The number of nitrogens with zero attached hydrogens (tertiary/aromatic N) is 2. The summed E-state index contributed by atoms with van der Waals surface area (Å²) in [7, 11) is 1.54. The zero-order valence-corrected chi connectivity index (χ0v) is 25.9. The number of carbonyl (C=O) groups excluding carboxylic acids is 2. The number of carbonyl (C=O) groups is 2. The standard InChI is InChI=1S/C34H34N2O7S/c1-5-7-14-42-26-13-8-20(17-27(26)40-4)30-29(31(37)21-9-12-25-22(16-21)15-19(3)43-25)32(38)33(39)36(30)34-35-24-11-10-23(41-6-2)18-28(24)44-34/h8-13,16-19,30,37H,5-7,14-15H2,1-4H3/t19-,30+/m0/s1. The second kappa shape index (κ2) is 12.2. The van der Waals surface area contributed by atoms with E-state index in [1.165, 1.54) is 16.2 Å². The summed E-state index contributed by atoms with van der Waals surface area (Å²) in [5.74, 6) is 0.606. The van der Waals surface area contributed by atoms with Crippen molar-refractivity contribution in [2.45, 2.75) is 52.2 Å². The highest BCUT2D eigenvalue weighted by molar-refractivity contribution is 7.22. The van der Waals surface area contributed by atoms with Crippen molar-refractivity contribution >= 4 is 44.1 Å². The van der Waals surface area contributed by atoms with Crippen LogP contribution in [0.3, 0.4) is 0 Å². The second-order valence-corrected chi connectivity index (χ2v) is 11.8. The van der Waals surface area contributed by atoms with E-state index < -0.39 is 17.7 Å². The Morgan fingerprint density at radius 1 is 1.07 bits per heavy atom. The fourth-order valence-electron chi connectivity index (χ4n) is 5.62. The minimum absolute atomic E-state index is 0.0146. The monoisotopic (exact) mass is 614 g/mol. The minimum Gasteiger partial charge on any atom is -0.507 e. The Morgan fingerprint density at radius 3 is 2.68 bits per heavy atom. The Morgan fingerprint density at radius 2 is 1.91 bits per heavy atom. The van der Waals surface area contributed by atoms with E-state index >= 15 is 0 Å². The van der Waals surface area contributed by atoms with Crippen molar-refractivity contribution in [3.63, 3.8) is 0 Å². The van der Waals surface area contributed by atoms with Crippen molar-refractivity contribution < 1.29 is 33.6 Å². The number of hydrogen-bond donors (Lipinski definition) is 1. The number of aliphatic hydroxyl groups is 1. The highest BCUT2D eigenvalue weighted by Crippen LogP contribution is 2.46. The third-order valence-electron chi connectivity index (χ3n) is 7.74. The van der Waals surface area contributed by atoms with Gasteiger partial charge in [0.15, 0.2) is 16.6 Å². The quantitative estimate of drug-likeness (QED) is 0.0896. The lowest BCUT2D eigenvalue weighted by Gasteiger charge is -2.24. The van der Waals surface area contributed by atoms with Gasteiger partial charge in [-0.05, 0) is 79.9 Å². The summed E-state index contributed by atoms with van der Waals surface area (Å²) >= 11 is 1.28. The predicted molar refractivity (Wildman–Crippen MR) is 169 cm³/mol. The predicted octanol–water partition coefficient (Wildman–Crippen LogP) is 6.83. The van der Waals surface area contributed by atoms with Crippen molar-refractivity contribution in [3.05, 3.63) is 76.9 Å². The van der Waals surface area contributed by atoms with Crippen molar-refractivity contribution in [1.29, 1.82) is 0 Å². The van der Waals surface area contributed by atoms with Crippen molar-refractivity contribution in [2.24, 2.45) is 0 Å². The lowest BCUT2D eigenvalue weighted by atomic mass is 9.94. The molecule has 2 aliphatic rings. The fourth-order valence-corrected chi connectivity index (χ4v) is 6.64. The first-order valence-electron chi connectivity index (χ1n) is 14.8. The molecule has 9 nitrogen and oxygen atoms in total. The summed E-state index contributed by atoms with van der Waals surface area (Å²) < 4.78 is 23.9. The van der Waals surface area contributed by atoms with Gasteiger partial charge < -0.3 is 24.1 Å². The smallest absolute Gasteiger partial charge is 0.301 e. The molecule has 0 radical (unpaired) electrons. The van der Waals surface area contributed by atoms with Gasteiger partial charge in [0.25, 0.3) is 5.78 Å². The van der Waals surface area contributed by atoms with Gasteiger partial charge in [-0.2, -0.15) is 0 Å². The molecule has 3 heterocycles. The summed E-state index contributed by atoms with van der Waals surface area (Å²) in [6, 6.07) is 15.2. The van der Waals surface area contributed by atoms with Crippen LogP contribution >= 0.6 is 11.3 Å². The maximum absolute atomic E-state index is 13.8. The normalized spacial score (nSPS) is 18.9. The first-order chi connectivity index (χ1) is 21.3. The SMILES string of the molecule is CCCCOc1ccc([C@@H]2C(=C(O)c3ccc4c(c3)C[C@H](C)O4)C(=O)C(=O)N2c2nc3ccc(OCC)cc3s2)cc1OC. The number of anilines is 1. The Hall–Kier alpha value is -4.57. The van der Waals surface area contributed by atoms with Crippen LogP contribution in [0.5, 0.6) is 23.0 Å². The molecule has 1 amide bonds. The van der Waals surface area contributed by atoms with E-state index in [0.29, 0.717) is 58.7 Å². The topological polar surface area (TPSA) is 107 Å². The molecule has 228 valence electrons. The molecule has 0 unspecified atom stereocenters.